The highest BCUT2D eigenvalue weighted by Gasteiger charge is 2.27. The number of hydrogen-bond acceptors (Lipinski definition) is 5. The molecule has 4 aromatic rings. The van der Waals surface area contributed by atoms with Crippen molar-refractivity contribution in [2.45, 2.75) is 77.4 Å². The van der Waals surface area contributed by atoms with Gasteiger partial charge < -0.3 is 33.7 Å². The molecule has 0 radical (unpaired) electrons. The van der Waals surface area contributed by atoms with Crippen LogP contribution in [0.2, 0.25) is 0 Å². The van der Waals surface area contributed by atoms with Gasteiger partial charge in [-0.1, -0.05) is 99.5 Å². The smallest absolute Gasteiger partial charge is 0.264 e. The maximum absolute atomic E-state index is 13.1. The second-order valence-electron chi connectivity index (χ2n) is 11.7. The highest BCUT2D eigenvalue weighted by Crippen LogP contribution is 2.33. The lowest BCUT2D eigenvalue weighted by molar-refractivity contribution is -0.0000498. The number of anilines is 2. The first kappa shape index (κ1) is 44.1. The molecule has 6 nitrogen and oxygen atoms in total. The van der Waals surface area contributed by atoms with Gasteiger partial charge in [0.05, 0.1) is 11.2 Å². The number of aliphatic hydroxyl groups is 2. The molecule has 4 rings (SSSR count). The first-order valence-electron chi connectivity index (χ1n) is 15.7. The first-order chi connectivity index (χ1) is 23.1. The summed E-state index contributed by atoms with van der Waals surface area (Å²) in [5.41, 5.74) is 5.52. The minimum Gasteiger partial charge on any atom is -1.00 e. The molecular formula is C38H43Cl2F4N2O4-. The molecule has 0 aromatic heterocycles. The van der Waals surface area contributed by atoms with Crippen molar-refractivity contribution in [1.82, 2.24) is 0 Å². The third-order valence-corrected chi connectivity index (χ3v) is 7.82. The number of amides is 1. The molecule has 2 atom stereocenters. The SMILES string of the molecule is CCCC(C)(O)c1ccccc1N.CCCC(C)(O)c1ccccc1NC(=O)c1ccccc1C(F)F.O=C(Cl)c1ccccc1C(F)F.[Cl-]. The molecule has 2 unspecified atom stereocenters. The summed E-state index contributed by atoms with van der Waals surface area (Å²) in [5.74, 6) is -0.620. The van der Waals surface area contributed by atoms with Gasteiger partial charge in [-0.3, -0.25) is 9.59 Å². The number of benzene rings is 4. The minimum atomic E-state index is -2.73. The Balaban J connectivity index is 0.000000407. The normalized spacial score (nSPS) is 13.0. The minimum absolute atomic E-state index is 0. The zero-order valence-corrected chi connectivity index (χ0v) is 29.8. The third kappa shape index (κ3) is 12.7. The molecule has 5 N–H and O–H groups in total. The number of nitrogen functional groups attached to an aromatic ring is 1. The van der Waals surface area contributed by atoms with E-state index in [-0.39, 0.29) is 34.7 Å². The van der Waals surface area contributed by atoms with Crippen LogP contribution < -0.4 is 23.5 Å². The molecule has 1 amide bonds. The molecule has 0 saturated carbocycles. The Hall–Kier alpha value is -3.96. The van der Waals surface area contributed by atoms with E-state index in [1.807, 2.05) is 45.0 Å². The molecule has 50 heavy (non-hydrogen) atoms. The van der Waals surface area contributed by atoms with E-state index in [9.17, 15) is 37.4 Å². The van der Waals surface area contributed by atoms with Gasteiger partial charge in [-0.25, -0.2) is 17.6 Å². The van der Waals surface area contributed by atoms with E-state index in [0.29, 0.717) is 23.4 Å². The monoisotopic (exact) mass is 737 g/mol. The molecule has 0 aliphatic heterocycles. The Morgan fingerprint density at radius 1 is 0.700 bits per heavy atom. The lowest BCUT2D eigenvalue weighted by Gasteiger charge is -2.26. The molecule has 0 aliphatic carbocycles. The van der Waals surface area contributed by atoms with Gasteiger partial charge >= 0.3 is 0 Å². The van der Waals surface area contributed by atoms with Gasteiger partial charge in [0, 0.05) is 44.8 Å². The van der Waals surface area contributed by atoms with Gasteiger partial charge in [-0.15, -0.1) is 0 Å². The van der Waals surface area contributed by atoms with Crippen molar-refractivity contribution in [2.24, 2.45) is 0 Å². The summed E-state index contributed by atoms with van der Waals surface area (Å²) in [5, 5.41) is 22.5. The van der Waals surface area contributed by atoms with Gasteiger partial charge in [0.25, 0.3) is 24.0 Å². The van der Waals surface area contributed by atoms with E-state index in [2.05, 4.69) is 5.32 Å². The summed E-state index contributed by atoms with van der Waals surface area (Å²) in [4.78, 5) is 23.1. The van der Waals surface area contributed by atoms with Gasteiger partial charge in [0.2, 0.25) is 0 Å². The number of carbonyl (C=O) groups is 2. The Morgan fingerprint density at radius 2 is 1.10 bits per heavy atom. The molecule has 0 saturated heterocycles. The summed E-state index contributed by atoms with van der Waals surface area (Å²) in [6.45, 7) is 7.49. The average molecular weight is 739 g/mol. The number of carbonyl (C=O) groups excluding carboxylic acids is 2. The predicted octanol–water partition coefficient (Wildman–Crippen LogP) is 7.17. The van der Waals surface area contributed by atoms with Crippen LogP contribution >= 0.6 is 11.6 Å². The predicted molar refractivity (Wildman–Crippen MR) is 187 cm³/mol. The molecule has 0 bridgehead atoms. The second kappa shape index (κ2) is 20.7. The zero-order valence-electron chi connectivity index (χ0n) is 28.3. The molecule has 0 heterocycles. The number of rotatable bonds is 11. The lowest BCUT2D eigenvalue weighted by Crippen LogP contribution is -3.00. The van der Waals surface area contributed by atoms with Crippen LogP contribution in [0.4, 0.5) is 28.9 Å². The lowest BCUT2D eigenvalue weighted by atomic mass is 9.90. The number of nitrogens with one attached hydrogen (secondary N) is 1. The van der Waals surface area contributed by atoms with Crippen LogP contribution in [0.3, 0.4) is 0 Å². The van der Waals surface area contributed by atoms with E-state index in [0.717, 1.165) is 24.8 Å². The fourth-order valence-electron chi connectivity index (χ4n) is 5.24. The van der Waals surface area contributed by atoms with Crippen LogP contribution in [-0.4, -0.2) is 21.4 Å². The topological polar surface area (TPSA) is 113 Å². The summed E-state index contributed by atoms with van der Waals surface area (Å²) in [6, 6.07) is 25.3. The third-order valence-electron chi connectivity index (χ3n) is 7.62. The van der Waals surface area contributed by atoms with Crippen LogP contribution in [-0.2, 0) is 11.2 Å². The van der Waals surface area contributed by atoms with Crippen LogP contribution in [0.1, 0.15) is 109 Å². The molecule has 12 heteroatoms. The number of nitrogens with two attached hydrogens (primary N) is 1. The summed E-state index contributed by atoms with van der Waals surface area (Å²) < 4.78 is 50.5. The quantitative estimate of drug-likeness (QED) is 0.0741. The molecule has 4 aromatic carbocycles. The maximum Gasteiger partial charge on any atom is 0.264 e. The highest BCUT2D eigenvalue weighted by molar-refractivity contribution is 6.67. The Morgan fingerprint density at radius 3 is 1.56 bits per heavy atom. The molecular weight excluding hydrogens is 695 g/mol. The van der Waals surface area contributed by atoms with Gasteiger partial charge in [0.15, 0.2) is 0 Å². The number of halogens is 6. The Kier molecular flexibility index (Phi) is 18.2. The van der Waals surface area contributed by atoms with Crippen molar-refractivity contribution < 1.29 is 49.8 Å². The van der Waals surface area contributed by atoms with Crippen LogP contribution in [0.15, 0.2) is 97.1 Å². The van der Waals surface area contributed by atoms with E-state index in [1.165, 1.54) is 42.5 Å². The summed E-state index contributed by atoms with van der Waals surface area (Å²) in [7, 11) is 0. The van der Waals surface area contributed by atoms with Crippen molar-refractivity contribution in [2.75, 3.05) is 11.1 Å². The van der Waals surface area contributed by atoms with Crippen LogP contribution in [0.25, 0.3) is 0 Å². The van der Waals surface area contributed by atoms with Gasteiger partial charge in [-0.2, -0.15) is 0 Å². The fourth-order valence-corrected chi connectivity index (χ4v) is 5.41. The average Bonchev–Trinajstić information content (AvgIpc) is 3.05. The molecule has 272 valence electrons. The van der Waals surface area contributed by atoms with Crippen molar-refractivity contribution in [3.8, 4) is 0 Å². The van der Waals surface area contributed by atoms with E-state index < -0.39 is 35.2 Å². The first-order valence-corrected chi connectivity index (χ1v) is 16.1. The molecule has 0 aliphatic rings. The number of alkyl halides is 4. The Labute approximate surface area is 302 Å². The molecule has 0 spiro atoms. The van der Waals surface area contributed by atoms with E-state index in [4.69, 9.17) is 17.3 Å². The van der Waals surface area contributed by atoms with Crippen LogP contribution in [0.5, 0.6) is 0 Å². The van der Waals surface area contributed by atoms with E-state index >= 15 is 0 Å². The maximum atomic E-state index is 13.1. The fraction of sp³-hybridized carbons (Fsp3) is 0.316. The van der Waals surface area contributed by atoms with E-state index in [1.54, 1.807) is 37.3 Å². The van der Waals surface area contributed by atoms with Crippen molar-refractivity contribution in [3.63, 3.8) is 0 Å². The van der Waals surface area contributed by atoms with Crippen molar-refractivity contribution >= 4 is 34.1 Å². The summed E-state index contributed by atoms with van der Waals surface area (Å²) >= 11 is 5.08. The number of hydrogen-bond donors (Lipinski definition) is 4. The van der Waals surface area contributed by atoms with Crippen molar-refractivity contribution in [3.05, 3.63) is 130 Å². The van der Waals surface area contributed by atoms with Gasteiger partial charge in [-0.05, 0) is 62.6 Å². The highest BCUT2D eigenvalue weighted by atomic mass is 35.5. The Bertz CT molecular complexity index is 1670. The number of para-hydroxylation sites is 2. The summed E-state index contributed by atoms with van der Waals surface area (Å²) in [6.07, 6.45) is -2.42. The van der Waals surface area contributed by atoms with Crippen LogP contribution in [0, 0.1) is 0 Å². The largest absolute Gasteiger partial charge is 1.00 e. The second-order valence-corrected chi connectivity index (χ2v) is 12.0. The standard InChI is InChI=1S/C19H21F2NO2.C11H17NO.C8H5ClF2O.ClH/c1-3-12-19(2,24)15-10-6-7-11-16(15)22-18(23)14-9-5-4-8-13(14)17(20)21;1-3-8-11(2,13)9-6-4-5-7-10(9)12;9-7(12)5-3-1-2-4-6(5)8(10)11;/h4-11,17,24H,3,12H2,1-2H3,(H,22,23);4-7,13H,3,8,12H2,1-2H3;1-4,8H;1H/p-1. The molecule has 0 fully saturated rings. The zero-order chi connectivity index (χ0) is 36.8. The van der Waals surface area contributed by atoms with Crippen molar-refractivity contribution in [1.29, 1.82) is 0 Å². The van der Waals surface area contributed by atoms with Gasteiger partial charge in [0.1, 0.15) is 0 Å².